The molecular weight excluding hydrogens is 418 g/mol. The molecule has 0 spiro atoms. The Labute approximate surface area is 183 Å². The van der Waals surface area contributed by atoms with E-state index >= 15 is 0 Å². The van der Waals surface area contributed by atoms with Gasteiger partial charge in [-0.05, 0) is 31.2 Å². The number of para-hydroxylation sites is 1. The molecule has 1 amide bonds. The van der Waals surface area contributed by atoms with E-state index in [4.69, 9.17) is 4.42 Å². The fourth-order valence-electron chi connectivity index (χ4n) is 3.14. The predicted octanol–water partition coefficient (Wildman–Crippen LogP) is 4.80. The molecule has 0 bridgehead atoms. The summed E-state index contributed by atoms with van der Waals surface area (Å²) in [5.41, 5.74) is 0.913. The second kappa shape index (κ2) is 9.01. The molecule has 0 saturated heterocycles. The van der Waals surface area contributed by atoms with E-state index in [-0.39, 0.29) is 17.6 Å². The number of nitrogens with zero attached hydrogens (tertiary/aromatic N) is 5. The summed E-state index contributed by atoms with van der Waals surface area (Å²) in [6.07, 6.45) is 1.65. The Morgan fingerprint density at radius 3 is 2.77 bits per heavy atom. The molecule has 4 rings (SSSR count). The summed E-state index contributed by atoms with van der Waals surface area (Å²) in [7, 11) is 0. The lowest BCUT2D eigenvalue weighted by Gasteiger charge is -2.17. The van der Waals surface area contributed by atoms with Crippen molar-refractivity contribution in [2.75, 3.05) is 17.2 Å². The van der Waals surface area contributed by atoms with Crippen molar-refractivity contribution in [2.45, 2.75) is 38.4 Å². The second-order valence-corrected chi connectivity index (χ2v) is 9.00. The van der Waals surface area contributed by atoms with Crippen LogP contribution in [0.15, 0.2) is 52.2 Å². The number of benzene rings is 1. The summed E-state index contributed by atoms with van der Waals surface area (Å²) < 4.78 is 8.60. The molecule has 3 aromatic heterocycles. The smallest absolute Gasteiger partial charge is 0.239 e. The maximum absolute atomic E-state index is 13.0. The summed E-state index contributed by atoms with van der Waals surface area (Å²) in [4.78, 5) is 19.3. The van der Waals surface area contributed by atoms with Gasteiger partial charge in [0.05, 0.1) is 28.8 Å². The molecule has 3 heterocycles. The third kappa shape index (κ3) is 4.27. The van der Waals surface area contributed by atoms with Gasteiger partial charge in [-0.2, -0.15) is 0 Å². The van der Waals surface area contributed by atoms with Crippen molar-refractivity contribution >= 4 is 44.4 Å². The summed E-state index contributed by atoms with van der Waals surface area (Å²) in [5, 5.41) is 10.1. The Morgan fingerprint density at radius 2 is 2.07 bits per heavy atom. The zero-order chi connectivity index (χ0) is 21.1. The summed E-state index contributed by atoms with van der Waals surface area (Å²) >= 11 is 2.93. The van der Waals surface area contributed by atoms with Gasteiger partial charge in [0.15, 0.2) is 10.3 Å². The first kappa shape index (κ1) is 20.6. The number of amides is 1. The first-order valence-electron chi connectivity index (χ1n) is 9.81. The predicted molar refractivity (Wildman–Crippen MR) is 120 cm³/mol. The highest BCUT2D eigenvalue weighted by atomic mass is 32.2. The van der Waals surface area contributed by atoms with E-state index in [1.807, 2.05) is 47.9 Å². The van der Waals surface area contributed by atoms with Gasteiger partial charge in [0.25, 0.3) is 0 Å². The lowest BCUT2D eigenvalue weighted by molar-refractivity contribution is -0.116. The van der Waals surface area contributed by atoms with Crippen LogP contribution in [0.4, 0.5) is 5.13 Å². The molecule has 0 N–H and O–H groups in total. The van der Waals surface area contributed by atoms with Crippen LogP contribution < -0.4 is 4.90 Å². The fourth-order valence-corrected chi connectivity index (χ4v) is 5.01. The molecular formula is C21H23N5O2S2. The van der Waals surface area contributed by atoms with Crippen molar-refractivity contribution in [1.29, 1.82) is 0 Å². The highest BCUT2D eigenvalue weighted by Gasteiger charge is 2.21. The minimum Gasteiger partial charge on any atom is -0.467 e. The van der Waals surface area contributed by atoms with Crippen molar-refractivity contribution in [1.82, 2.24) is 19.7 Å². The van der Waals surface area contributed by atoms with Crippen LogP contribution >= 0.6 is 23.1 Å². The van der Waals surface area contributed by atoms with Gasteiger partial charge in [0.1, 0.15) is 11.6 Å². The van der Waals surface area contributed by atoms with Gasteiger partial charge in [-0.15, -0.1) is 10.2 Å². The number of hydrogen-bond donors (Lipinski definition) is 0. The van der Waals surface area contributed by atoms with Crippen molar-refractivity contribution in [3.05, 3.63) is 54.2 Å². The highest BCUT2D eigenvalue weighted by molar-refractivity contribution is 7.99. The van der Waals surface area contributed by atoms with Crippen LogP contribution in [0.25, 0.3) is 10.2 Å². The Balaban J connectivity index is 1.51. The maximum Gasteiger partial charge on any atom is 0.239 e. The molecule has 0 saturated carbocycles. The molecule has 0 aliphatic rings. The van der Waals surface area contributed by atoms with Crippen LogP contribution in [0.2, 0.25) is 0 Å². The number of thiazole rings is 1. The number of anilines is 1. The average Bonchev–Trinajstić information content (AvgIpc) is 3.47. The number of carbonyl (C=O) groups is 1. The number of rotatable bonds is 8. The number of fused-ring (bicyclic) bond motifs is 1. The lowest BCUT2D eigenvalue weighted by atomic mass is 10.2. The molecule has 0 aliphatic heterocycles. The standard InChI is InChI=1S/C21H23N5O2S2/c1-4-25(20-22-16-9-5-6-10-17(16)30-20)18(27)13-29-21-24-23-19(14(2)3)26(21)12-15-8-7-11-28-15/h5-11,14H,4,12-13H2,1-3H3. The van der Waals surface area contributed by atoms with E-state index in [1.165, 1.54) is 23.1 Å². The van der Waals surface area contributed by atoms with E-state index in [9.17, 15) is 4.79 Å². The second-order valence-electron chi connectivity index (χ2n) is 7.05. The van der Waals surface area contributed by atoms with Crippen molar-refractivity contribution < 1.29 is 9.21 Å². The zero-order valence-corrected chi connectivity index (χ0v) is 18.7. The number of thioether (sulfide) groups is 1. The summed E-state index contributed by atoms with van der Waals surface area (Å²) in [5.74, 6) is 2.18. The van der Waals surface area contributed by atoms with E-state index in [0.717, 1.165) is 26.9 Å². The Morgan fingerprint density at radius 1 is 1.23 bits per heavy atom. The van der Waals surface area contributed by atoms with Crippen molar-refractivity contribution in [3.63, 3.8) is 0 Å². The van der Waals surface area contributed by atoms with Crippen LogP contribution in [0.3, 0.4) is 0 Å². The number of hydrogen-bond acceptors (Lipinski definition) is 7. The van der Waals surface area contributed by atoms with E-state index in [0.29, 0.717) is 18.2 Å². The number of furan rings is 1. The molecule has 7 nitrogen and oxygen atoms in total. The Hall–Kier alpha value is -2.65. The molecule has 0 fully saturated rings. The third-order valence-electron chi connectivity index (χ3n) is 4.61. The van der Waals surface area contributed by atoms with E-state index in [1.54, 1.807) is 11.2 Å². The number of carbonyl (C=O) groups excluding carboxylic acids is 1. The number of aromatic nitrogens is 4. The van der Waals surface area contributed by atoms with E-state index < -0.39 is 0 Å². The average molecular weight is 442 g/mol. The van der Waals surface area contributed by atoms with Crippen LogP contribution in [0.1, 0.15) is 38.3 Å². The summed E-state index contributed by atoms with van der Waals surface area (Å²) in [6, 6.07) is 11.7. The van der Waals surface area contributed by atoms with Gasteiger partial charge < -0.3 is 4.42 Å². The van der Waals surface area contributed by atoms with Gasteiger partial charge in [-0.1, -0.05) is 49.1 Å². The molecule has 156 valence electrons. The normalized spacial score (nSPS) is 11.5. The van der Waals surface area contributed by atoms with Gasteiger partial charge in [0, 0.05) is 12.5 Å². The minimum absolute atomic E-state index is 0.000187. The highest BCUT2D eigenvalue weighted by Crippen LogP contribution is 2.30. The van der Waals surface area contributed by atoms with Crippen LogP contribution in [0.5, 0.6) is 0 Å². The van der Waals surface area contributed by atoms with Crippen LogP contribution in [-0.2, 0) is 11.3 Å². The molecule has 0 unspecified atom stereocenters. The lowest BCUT2D eigenvalue weighted by Crippen LogP contribution is -2.32. The molecule has 1 aromatic carbocycles. The topological polar surface area (TPSA) is 77.0 Å². The van der Waals surface area contributed by atoms with Crippen LogP contribution in [-0.4, -0.2) is 38.0 Å². The van der Waals surface area contributed by atoms with Gasteiger partial charge >= 0.3 is 0 Å². The third-order valence-corrected chi connectivity index (χ3v) is 6.62. The first-order chi connectivity index (χ1) is 14.6. The maximum atomic E-state index is 13.0. The monoisotopic (exact) mass is 441 g/mol. The fraction of sp³-hybridized carbons (Fsp3) is 0.333. The quantitative estimate of drug-likeness (QED) is 0.366. The van der Waals surface area contributed by atoms with Gasteiger partial charge in [0.2, 0.25) is 5.91 Å². The molecule has 0 atom stereocenters. The van der Waals surface area contributed by atoms with Crippen LogP contribution in [0, 0.1) is 0 Å². The van der Waals surface area contributed by atoms with Crippen molar-refractivity contribution in [3.8, 4) is 0 Å². The van der Waals surface area contributed by atoms with Gasteiger partial charge in [-0.3, -0.25) is 14.3 Å². The summed E-state index contributed by atoms with van der Waals surface area (Å²) in [6.45, 7) is 7.22. The zero-order valence-electron chi connectivity index (χ0n) is 17.1. The molecule has 0 radical (unpaired) electrons. The molecule has 0 aliphatic carbocycles. The van der Waals surface area contributed by atoms with Crippen molar-refractivity contribution in [2.24, 2.45) is 0 Å². The van der Waals surface area contributed by atoms with E-state index in [2.05, 4.69) is 29.0 Å². The largest absolute Gasteiger partial charge is 0.467 e. The Kier molecular flexibility index (Phi) is 6.19. The first-order valence-corrected chi connectivity index (χ1v) is 11.6. The Bertz CT molecular complexity index is 1100. The van der Waals surface area contributed by atoms with Gasteiger partial charge in [-0.25, -0.2) is 4.98 Å². The minimum atomic E-state index is 0.000187. The molecule has 9 heteroatoms. The molecule has 4 aromatic rings. The SMILES string of the molecule is CCN(C(=O)CSc1nnc(C(C)C)n1Cc1ccco1)c1nc2ccccc2s1. The molecule has 30 heavy (non-hydrogen) atoms.